The Morgan fingerprint density at radius 2 is 1.77 bits per heavy atom. The molecule has 2 aromatic carbocycles. The van der Waals surface area contributed by atoms with Crippen LogP contribution in [-0.4, -0.2) is 59.3 Å². The number of aromatic amines is 1. The van der Waals surface area contributed by atoms with Crippen LogP contribution in [0.2, 0.25) is 0 Å². The van der Waals surface area contributed by atoms with E-state index in [1.165, 1.54) is 6.42 Å². The Morgan fingerprint density at radius 3 is 2.50 bits per heavy atom. The summed E-state index contributed by atoms with van der Waals surface area (Å²) in [6.07, 6.45) is 8.36. The molecular formula is C35H42N6O3. The summed E-state index contributed by atoms with van der Waals surface area (Å²) in [5.41, 5.74) is 3.65. The van der Waals surface area contributed by atoms with Gasteiger partial charge in [0.1, 0.15) is 17.6 Å². The number of carbonyl (C=O) groups excluding carboxylic acids is 3. The summed E-state index contributed by atoms with van der Waals surface area (Å²) in [7, 11) is 2.13. The van der Waals surface area contributed by atoms with Crippen molar-refractivity contribution in [3.63, 3.8) is 0 Å². The first-order valence-corrected chi connectivity index (χ1v) is 15.7. The SMILES string of the molecule is CN1CCCC1c1ncc(C#Cc2ccc(CCNC(=O)CCCCNC(=O)C(NC(=O)C3CC3)c3ccccc3)cc2)[nH]1. The van der Waals surface area contributed by atoms with E-state index in [1.807, 2.05) is 54.6 Å². The van der Waals surface area contributed by atoms with Crippen LogP contribution in [0.4, 0.5) is 0 Å². The summed E-state index contributed by atoms with van der Waals surface area (Å²) >= 11 is 0. The predicted molar refractivity (Wildman–Crippen MR) is 169 cm³/mol. The van der Waals surface area contributed by atoms with Crippen molar-refractivity contribution in [1.29, 1.82) is 0 Å². The van der Waals surface area contributed by atoms with Crippen LogP contribution in [-0.2, 0) is 20.8 Å². The van der Waals surface area contributed by atoms with Gasteiger partial charge in [-0.2, -0.15) is 0 Å². The third-order valence-corrected chi connectivity index (χ3v) is 8.22. The fourth-order valence-corrected chi connectivity index (χ4v) is 5.43. The molecular weight excluding hydrogens is 552 g/mol. The number of carbonyl (C=O) groups is 3. The van der Waals surface area contributed by atoms with Crippen LogP contribution in [0.5, 0.6) is 0 Å². The highest BCUT2D eigenvalue weighted by molar-refractivity contribution is 5.90. The third-order valence-electron chi connectivity index (χ3n) is 8.22. The van der Waals surface area contributed by atoms with E-state index in [9.17, 15) is 14.4 Å². The summed E-state index contributed by atoms with van der Waals surface area (Å²) in [4.78, 5) is 47.7. The normalized spacial score (nSPS) is 16.9. The number of hydrogen-bond acceptors (Lipinski definition) is 5. The lowest BCUT2D eigenvalue weighted by molar-refractivity contribution is -0.129. The van der Waals surface area contributed by atoms with Gasteiger partial charge in [-0.05, 0) is 87.7 Å². The number of unbranched alkanes of at least 4 members (excludes halogenated alkanes) is 1. The molecule has 2 atom stereocenters. The average Bonchev–Trinajstić information content (AvgIpc) is 3.65. The highest BCUT2D eigenvalue weighted by atomic mass is 16.2. The quantitative estimate of drug-likeness (QED) is 0.177. The van der Waals surface area contributed by atoms with Crippen LogP contribution in [0.15, 0.2) is 60.8 Å². The molecule has 1 aliphatic heterocycles. The zero-order valence-corrected chi connectivity index (χ0v) is 25.4. The molecule has 1 aliphatic carbocycles. The Labute approximate surface area is 259 Å². The van der Waals surface area contributed by atoms with Crippen molar-refractivity contribution in [3.8, 4) is 11.8 Å². The first-order chi connectivity index (χ1) is 21.5. The largest absolute Gasteiger partial charge is 0.356 e. The number of H-pyrrole nitrogens is 1. The van der Waals surface area contributed by atoms with Crippen LogP contribution in [0.25, 0.3) is 0 Å². The molecule has 0 spiro atoms. The van der Waals surface area contributed by atoms with Gasteiger partial charge < -0.3 is 20.9 Å². The first kappa shape index (κ1) is 31.0. The molecule has 4 N–H and O–H groups in total. The molecule has 3 aromatic rings. The second-order valence-corrected chi connectivity index (χ2v) is 11.7. The fourth-order valence-electron chi connectivity index (χ4n) is 5.43. The molecule has 3 amide bonds. The molecule has 0 radical (unpaired) electrons. The van der Waals surface area contributed by atoms with E-state index in [2.05, 4.69) is 49.7 Å². The minimum absolute atomic E-state index is 0.000367. The number of imidazole rings is 1. The number of hydrogen-bond donors (Lipinski definition) is 4. The number of amides is 3. The minimum atomic E-state index is -0.706. The van der Waals surface area contributed by atoms with Crippen molar-refractivity contribution in [1.82, 2.24) is 30.8 Å². The lowest BCUT2D eigenvalue weighted by atomic mass is 10.1. The molecule has 2 aliphatic rings. The van der Waals surface area contributed by atoms with Crippen molar-refractivity contribution in [2.45, 2.75) is 63.5 Å². The van der Waals surface area contributed by atoms with E-state index < -0.39 is 6.04 Å². The fraction of sp³-hybridized carbons (Fsp3) is 0.429. The standard InChI is InChI=1S/C35H42N6O3/c1-41-23-7-10-30(41)33-38-24-29(39-33)19-16-25-12-14-26(15-13-25)20-22-36-31(42)11-5-6-21-37-35(44)32(27-8-3-2-4-9-27)40-34(43)28-17-18-28/h2-4,8-9,12-15,24,28,30,32H,5-7,10-11,17-18,20-23H2,1H3,(H,36,42)(H,37,44)(H,38,39)(H,40,43). The van der Waals surface area contributed by atoms with Crippen LogP contribution in [0, 0.1) is 17.8 Å². The predicted octanol–water partition coefficient (Wildman–Crippen LogP) is 3.79. The van der Waals surface area contributed by atoms with Gasteiger partial charge in [-0.1, -0.05) is 48.4 Å². The van der Waals surface area contributed by atoms with Gasteiger partial charge in [0.2, 0.25) is 17.7 Å². The highest BCUT2D eigenvalue weighted by Crippen LogP contribution is 2.30. The van der Waals surface area contributed by atoms with Crippen molar-refractivity contribution in [3.05, 3.63) is 89.0 Å². The number of benzene rings is 2. The molecule has 1 saturated carbocycles. The Bertz CT molecular complexity index is 1470. The molecule has 1 aromatic heterocycles. The van der Waals surface area contributed by atoms with Gasteiger partial charge in [0.15, 0.2) is 0 Å². The highest BCUT2D eigenvalue weighted by Gasteiger charge is 2.33. The monoisotopic (exact) mass is 594 g/mol. The third kappa shape index (κ3) is 9.04. The molecule has 1 saturated heterocycles. The molecule has 0 bridgehead atoms. The summed E-state index contributed by atoms with van der Waals surface area (Å²) in [5, 5.41) is 8.79. The van der Waals surface area contributed by atoms with Gasteiger partial charge in [-0.3, -0.25) is 19.3 Å². The molecule has 44 heavy (non-hydrogen) atoms. The number of nitrogens with zero attached hydrogens (tertiary/aromatic N) is 2. The Kier molecular flexibility index (Phi) is 10.8. The molecule has 2 fully saturated rings. The Balaban J connectivity index is 0.966. The summed E-state index contributed by atoms with van der Waals surface area (Å²) in [6, 6.07) is 17.0. The zero-order valence-electron chi connectivity index (χ0n) is 25.4. The van der Waals surface area contributed by atoms with Gasteiger partial charge in [0, 0.05) is 31.0 Å². The second kappa shape index (κ2) is 15.3. The van der Waals surface area contributed by atoms with E-state index in [4.69, 9.17) is 0 Å². The summed E-state index contributed by atoms with van der Waals surface area (Å²) in [5.74, 6) is 7.09. The molecule has 9 heteroatoms. The maximum atomic E-state index is 12.9. The zero-order chi connectivity index (χ0) is 30.7. The number of aromatic nitrogens is 2. The Hall–Kier alpha value is -4.42. The Morgan fingerprint density at radius 1 is 0.977 bits per heavy atom. The number of nitrogens with one attached hydrogen (secondary N) is 4. The molecule has 2 heterocycles. The molecule has 230 valence electrons. The summed E-state index contributed by atoms with van der Waals surface area (Å²) < 4.78 is 0. The lowest BCUT2D eigenvalue weighted by Crippen LogP contribution is -2.41. The number of rotatable bonds is 13. The molecule has 9 nitrogen and oxygen atoms in total. The van der Waals surface area contributed by atoms with Crippen molar-refractivity contribution in [2.24, 2.45) is 5.92 Å². The van der Waals surface area contributed by atoms with E-state index in [0.29, 0.717) is 38.4 Å². The average molecular weight is 595 g/mol. The molecule has 2 unspecified atom stereocenters. The van der Waals surface area contributed by atoms with E-state index >= 15 is 0 Å². The van der Waals surface area contributed by atoms with Gasteiger partial charge in [-0.15, -0.1) is 0 Å². The minimum Gasteiger partial charge on any atom is -0.356 e. The van der Waals surface area contributed by atoms with Crippen LogP contribution in [0.3, 0.4) is 0 Å². The van der Waals surface area contributed by atoms with Crippen molar-refractivity contribution in [2.75, 3.05) is 26.7 Å². The number of likely N-dealkylation sites (tertiary alicyclic amines) is 1. The van der Waals surface area contributed by atoms with Gasteiger partial charge in [0.05, 0.1) is 12.2 Å². The van der Waals surface area contributed by atoms with Crippen LogP contribution < -0.4 is 16.0 Å². The van der Waals surface area contributed by atoms with Gasteiger partial charge in [0.25, 0.3) is 0 Å². The van der Waals surface area contributed by atoms with E-state index in [-0.39, 0.29) is 23.6 Å². The van der Waals surface area contributed by atoms with Gasteiger partial charge >= 0.3 is 0 Å². The maximum absolute atomic E-state index is 12.9. The maximum Gasteiger partial charge on any atom is 0.247 e. The van der Waals surface area contributed by atoms with Crippen LogP contribution >= 0.6 is 0 Å². The van der Waals surface area contributed by atoms with Crippen molar-refractivity contribution >= 4 is 17.7 Å². The van der Waals surface area contributed by atoms with E-state index in [0.717, 1.165) is 60.4 Å². The smallest absolute Gasteiger partial charge is 0.247 e. The second-order valence-electron chi connectivity index (χ2n) is 11.7. The topological polar surface area (TPSA) is 119 Å². The molecule has 5 rings (SSSR count). The van der Waals surface area contributed by atoms with Crippen LogP contribution in [0.1, 0.15) is 85.2 Å². The lowest BCUT2D eigenvalue weighted by Gasteiger charge is -2.19. The summed E-state index contributed by atoms with van der Waals surface area (Å²) in [6.45, 7) is 2.11. The first-order valence-electron chi connectivity index (χ1n) is 15.7. The van der Waals surface area contributed by atoms with Crippen molar-refractivity contribution < 1.29 is 14.4 Å². The van der Waals surface area contributed by atoms with Gasteiger partial charge in [-0.25, -0.2) is 4.98 Å². The van der Waals surface area contributed by atoms with E-state index in [1.54, 1.807) is 6.20 Å².